The highest BCUT2D eigenvalue weighted by Gasteiger charge is 2.13. The molecule has 15 heavy (non-hydrogen) atoms. The Bertz CT molecular complexity index is 324. The predicted octanol–water partition coefficient (Wildman–Crippen LogP) is 2.86. The van der Waals surface area contributed by atoms with E-state index >= 15 is 0 Å². The Labute approximate surface area is 94.1 Å². The SMILES string of the molecule is CCC(CNc1ccc(Cl)cc1)C(=O)O. The quantitative estimate of drug-likeness (QED) is 0.813. The van der Waals surface area contributed by atoms with Crippen molar-refractivity contribution < 1.29 is 9.90 Å². The van der Waals surface area contributed by atoms with Crippen LogP contribution in [0.25, 0.3) is 0 Å². The van der Waals surface area contributed by atoms with Gasteiger partial charge in [-0.2, -0.15) is 0 Å². The number of halogens is 1. The zero-order chi connectivity index (χ0) is 11.3. The van der Waals surface area contributed by atoms with E-state index in [2.05, 4.69) is 5.32 Å². The first-order chi connectivity index (χ1) is 7.13. The fraction of sp³-hybridized carbons (Fsp3) is 0.364. The van der Waals surface area contributed by atoms with E-state index in [-0.39, 0.29) is 5.92 Å². The van der Waals surface area contributed by atoms with E-state index in [0.29, 0.717) is 18.0 Å². The van der Waals surface area contributed by atoms with Gasteiger partial charge in [-0.25, -0.2) is 0 Å². The average molecular weight is 228 g/mol. The minimum atomic E-state index is -0.765. The van der Waals surface area contributed by atoms with E-state index in [0.717, 1.165) is 5.69 Å². The van der Waals surface area contributed by atoms with E-state index in [9.17, 15) is 4.79 Å². The molecule has 0 bridgehead atoms. The first-order valence-corrected chi connectivity index (χ1v) is 5.23. The molecule has 1 rings (SSSR count). The van der Waals surface area contributed by atoms with Gasteiger partial charge in [0.25, 0.3) is 0 Å². The number of anilines is 1. The highest BCUT2D eigenvalue weighted by Crippen LogP contribution is 2.14. The van der Waals surface area contributed by atoms with Gasteiger partial charge < -0.3 is 10.4 Å². The van der Waals surface area contributed by atoms with Gasteiger partial charge in [0.1, 0.15) is 0 Å². The number of benzene rings is 1. The van der Waals surface area contributed by atoms with Crippen LogP contribution in [-0.2, 0) is 4.79 Å². The lowest BCUT2D eigenvalue weighted by Gasteiger charge is -2.11. The second-order valence-electron chi connectivity index (χ2n) is 3.33. The van der Waals surface area contributed by atoms with E-state index in [1.807, 2.05) is 19.1 Å². The summed E-state index contributed by atoms with van der Waals surface area (Å²) < 4.78 is 0. The summed E-state index contributed by atoms with van der Waals surface area (Å²) in [6.45, 7) is 2.30. The number of aliphatic carboxylic acids is 1. The summed E-state index contributed by atoms with van der Waals surface area (Å²) in [5.41, 5.74) is 0.888. The van der Waals surface area contributed by atoms with E-state index in [1.54, 1.807) is 12.1 Å². The molecule has 1 atom stereocenters. The molecule has 2 N–H and O–H groups in total. The van der Waals surface area contributed by atoms with Crippen LogP contribution in [-0.4, -0.2) is 17.6 Å². The van der Waals surface area contributed by atoms with Crippen molar-refractivity contribution >= 4 is 23.3 Å². The topological polar surface area (TPSA) is 49.3 Å². The molecule has 4 heteroatoms. The molecule has 0 fully saturated rings. The summed E-state index contributed by atoms with van der Waals surface area (Å²) in [4.78, 5) is 10.7. The number of carbonyl (C=O) groups is 1. The zero-order valence-electron chi connectivity index (χ0n) is 8.53. The largest absolute Gasteiger partial charge is 0.481 e. The summed E-state index contributed by atoms with van der Waals surface area (Å²) >= 11 is 5.73. The molecule has 0 aliphatic carbocycles. The molecule has 0 saturated carbocycles. The molecular weight excluding hydrogens is 214 g/mol. The average Bonchev–Trinajstić information content (AvgIpc) is 2.21. The van der Waals surface area contributed by atoms with Crippen LogP contribution in [0.3, 0.4) is 0 Å². The van der Waals surface area contributed by atoms with Crippen LogP contribution in [0.1, 0.15) is 13.3 Å². The number of carboxylic acid groups (broad SMARTS) is 1. The number of hydrogen-bond acceptors (Lipinski definition) is 2. The molecule has 0 saturated heterocycles. The van der Waals surface area contributed by atoms with E-state index < -0.39 is 5.97 Å². The maximum atomic E-state index is 10.7. The molecule has 0 aliphatic rings. The van der Waals surface area contributed by atoms with Crippen LogP contribution in [0.2, 0.25) is 5.02 Å². The highest BCUT2D eigenvalue weighted by molar-refractivity contribution is 6.30. The standard InChI is InChI=1S/C11H14ClNO2/c1-2-8(11(14)15)7-13-10-5-3-9(12)4-6-10/h3-6,8,13H,2,7H2,1H3,(H,14,15). The normalized spacial score (nSPS) is 12.1. The Morgan fingerprint density at radius 3 is 2.53 bits per heavy atom. The van der Waals surface area contributed by atoms with Crippen molar-refractivity contribution in [2.45, 2.75) is 13.3 Å². The van der Waals surface area contributed by atoms with Crippen molar-refractivity contribution in [1.29, 1.82) is 0 Å². The molecule has 82 valence electrons. The fourth-order valence-electron chi connectivity index (χ4n) is 1.22. The lowest BCUT2D eigenvalue weighted by atomic mass is 10.1. The monoisotopic (exact) mass is 227 g/mol. The number of rotatable bonds is 5. The van der Waals surface area contributed by atoms with Crippen LogP contribution < -0.4 is 5.32 Å². The molecule has 0 aromatic heterocycles. The van der Waals surface area contributed by atoms with Gasteiger partial charge in [0.05, 0.1) is 5.92 Å². The zero-order valence-corrected chi connectivity index (χ0v) is 9.29. The molecule has 0 amide bonds. The van der Waals surface area contributed by atoms with Gasteiger partial charge in [-0.05, 0) is 30.7 Å². The van der Waals surface area contributed by atoms with Gasteiger partial charge in [0.2, 0.25) is 0 Å². The van der Waals surface area contributed by atoms with Gasteiger partial charge in [-0.3, -0.25) is 4.79 Å². The van der Waals surface area contributed by atoms with Crippen molar-refractivity contribution in [3.05, 3.63) is 29.3 Å². The van der Waals surface area contributed by atoms with Crippen molar-refractivity contribution in [3.63, 3.8) is 0 Å². The summed E-state index contributed by atoms with van der Waals surface area (Å²) in [5.74, 6) is -1.11. The van der Waals surface area contributed by atoms with Crippen molar-refractivity contribution in [3.8, 4) is 0 Å². The van der Waals surface area contributed by atoms with Crippen LogP contribution in [0.15, 0.2) is 24.3 Å². The molecule has 0 spiro atoms. The van der Waals surface area contributed by atoms with Crippen LogP contribution in [0.5, 0.6) is 0 Å². The van der Waals surface area contributed by atoms with E-state index in [4.69, 9.17) is 16.7 Å². The van der Waals surface area contributed by atoms with Crippen LogP contribution in [0.4, 0.5) is 5.69 Å². The third kappa shape index (κ3) is 3.80. The molecule has 0 aliphatic heterocycles. The predicted molar refractivity (Wildman–Crippen MR) is 61.4 cm³/mol. The molecule has 0 radical (unpaired) electrons. The van der Waals surface area contributed by atoms with Gasteiger partial charge in [0.15, 0.2) is 0 Å². The summed E-state index contributed by atoms with van der Waals surface area (Å²) in [7, 11) is 0. The van der Waals surface area contributed by atoms with Gasteiger partial charge in [-0.1, -0.05) is 18.5 Å². The van der Waals surface area contributed by atoms with Gasteiger partial charge in [0, 0.05) is 17.3 Å². The molecule has 0 heterocycles. The third-order valence-corrected chi connectivity index (χ3v) is 2.49. The van der Waals surface area contributed by atoms with Crippen molar-refractivity contribution in [2.75, 3.05) is 11.9 Å². The fourth-order valence-corrected chi connectivity index (χ4v) is 1.34. The number of carboxylic acids is 1. The summed E-state index contributed by atoms with van der Waals surface area (Å²) in [6, 6.07) is 7.20. The Balaban J connectivity index is 2.49. The lowest BCUT2D eigenvalue weighted by molar-refractivity contribution is -0.141. The first kappa shape index (κ1) is 11.9. The summed E-state index contributed by atoms with van der Waals surface area (Å²) in [6.07, 6.45) is 0.621. The van der Waals surface area contributed by atoms with Gasteiger partial charge in [-0.15, -0.1) is 0 Å². The molecule has 1 aromatic rings. The van der Waals surface area contributed by atoms with Crippen molar-refractivity contribution in [2.24, 2.45) is 5.92 Å². The van der Waals surface area contributed by atoms with Crippen LogP contribution >= 0.6 is 11.6 Å². The smallest absolute Gasteiger partial charge is 0.308 e. The maximum absolute atomic E-state index is 10.7. The Morgan fingerprint density at radius 1 is 1.47 bits per heavy atom. The Kier molecular flexibility index (Phi) is 4.43. The lowest BCUT2D eigenvalue weighted by Crippen LogP contribution is -2.21. The highest BCUT2D eigenvalue weighted by atomic mass is 35.5. The number of nitrogens with one attached hydrogen (secondary N) is 1. The van der Waals surface area contributed by atoms with Gasteiger partial charge >= 0.3 is 5.97 Å². The second kappa shape index (κ2) is 5.61. The third-order valence-electron chi connectivity index (χ3n) is 2.24. The Hall–Kier alpha value is -1.22. The molecule has 1 aromatic carbocycles. The minimum absolute atomic E-state index is 0.347. The van der Waals surface area contributed by atoms with Crippen LogP contribution in [0, 0.1) is 5.92 Å². The van der Waals surface area contributed by atoms with E-state index in [1.165, 1.54) is 0 Å². The molecule has 3 nitrogen and oxygen atoms in total. The number of hydrogen-bond donors (Lipinski definition) is 2. The summed E-state index contributed by atoms with van der Waals surface area (Å²) in [5, 5.41) is 12.6. The second-order valence-corrected chi connectivity index (χ2v) is 3.77. The minimum Gasteiger partial charge on any atom is -0.481 e. The molecular formula is C11H14ClNO2. The Morgan fingerprint density at radius 2 is 2.07 bits per heavy atom. The first-order valence-electron chi connectivity index (χ1n) is 4.85. The molecule has 1 unspecified atom stereocenters. The van der Waals surface area contributed by atoms with Crippen molar-refractivity contribution in [1.82, 2.24) is 0 Å². The maximum Gasteiger partial charge on any atom is 0.308 e.